The zero-order valence-corrected chi connectivity index (χ0v) is 20.9. The van der Waals surface area contributed by atoms with E-state index in [1.807, 2.05) is 45.9 Å². The van der Waals surface area contributed by atoms with Crippen LogP contribution in [-0.4, -0.2) is 42.5 Å². The fourth-order valence-corrected chi connectivity index (χ4v) is 3.49. The fourth-order valence-electron chi connectivity index (χ4n) is 3.49. The molecule has 0 radical (unpaired) electrons. The fraction of sp³-hybridized carbons (Fsp3) is 0.481. The normalized spacial score (nSPS) is 11.7. The zero-order chi connectivity index (χ0) is 25.1. The van der Waals surface area contributed by atoms with Crippen LogP contribution in [0.4, 0.5) is 4.39 Å². The Morgan fingerprint density at radius 3 is 2.32 bits per heavy atom. The minimum absolute atomic E-state index is 0.0231. The number of carbonyl (C=O) groups is 2. The highest BCUT2D eigenvalue weighted by Crippen LogP contribution is 2.29. The van der Waals surface area contributed by atoms with Gasteiger partial charge in [-0.05, 0) is 56.9 Å². The summed E-state index contributed by atoms with van der Waals surface area (Å²) in [7, 11) is 0. The van der Waals surface area contributed by atoms with Crippen LogP contribution in [0.25, 0.3) is 0 Å². The lowest BCUT2D eigenvalue weighted by molar-refractivity contribution is -0.140. The third-order valence-corrected chi connectivity index (χ3v) is 5.39. The molecule has 34 heavy (non-hydrogen) atoms. The second-order valence-corrected chi connectivity index (χ2v) is 8.58. The van der Waals surface area contributed by atoms with Gasteiger partial charge in [0.1, 0.15) is 11.9 Å². The third kappa shape index (κ3) is 8.04. The van der Waals surface area contributed by atoms with E-state index in [9.17, 15) is 14.0 Å². The lowest BCUT2D eigenvalue weighted by Crippen LogP contribution is -2.48. The topological polar surface area (TPSA) is 67.9 Å². The average molecular weight is 473 g/mol. The van der Waals surface area contributed by atoms with Crippen molar-refractivity contribution < 1.29 is 23.5 Å². The summed E-state index contributed by atoms with van der Waals surface area (Å²) in [5, 5.41) is 2.87. The van der Waals surface area contributed by atoms with E-state index in [2.05, 4.69) is 5.32 Å². The van der Waals surface area contributed by atoms with Gasteiger partial charge in [0.15, 0.2) is 11.5 Å². The first-order chi connectivity index (χ1) is 16.3. The van der Waals surface area contributed by atoms with Gasteiger partial charge in [0.2, 0.25) is 11.8 Å². The van der Waals surface area contributed by atoms with Crippen molar-refractivity contribution in [2.75, 3.05) is 19.8 Å². The summed E-state index contributed by atoms with van der Waals surface area (Å²) in [6.45, 7) is 11.1. The molecule has 6 nitrogen and oxygen atoms in total. The molecule has 0 aliphatic rings. The molecular weight excluding hydrogens is 435 g/mol. The summed E-state index contributed by atoms with van der Waals surface area (Å²) in [6, 6.07) is 11.2. The van der Waals surface area contributed by atoms with Crippen LogP contribution in [-0.2, 0) is 22.6 Å². The number of hydrogen-bond donors (Lipinski definition) is 1. The molecule has 1 atom stereocenters. The maximum Gasteiger partial charge on any atom is 0.242 e. The number of benzene rings is 2. The van der Waals surface area contributed by atoms with Gasteiger partial charge in [-0.25, -0.2) is 4.39 Å². The monoisotopic (exact) mass is 472 g/mol. The molecule has 0 saturated carbocycles. The van der Waals surface area contributed by atoms with E-state index >= 15 is 0 Å². The Hall–Kier alpha value is -3.09. The Morgan fingerprint density at radius 2 is 1.68 bits per heavy atom. The van der Waals surface area contributed by atoms with Crippen LogP contribution in [0, 0.1) is 11.7 Å². The third-order valence-electron chi connectivity index (χ3n) is 5.39. The van der Waals surface area contributed by atoms with Gasteiger partial charge in [-0.15, -0.1) is 0 Å². The van der Waals surface area contributed by atoms with Crippen LogP contribution in [0.15, 0.2) is 42.5 Å². The maximum atomic E-state index is 14.3. The van der Waals surface area contributed by atoms with Crippen LogP contribution < -0.4 is 14.8 Å². The van der Waals surface area contributed by atoms with E-state index in [-0.39, 0.29) is 30.7 Å². The van der Waals surface area contributed by atoms with Crippen molar-refractivity contribution in [3.8, 4) is 11.5 Å². The van der Waals surface area contributed by atoms with Crippen molar-refractivity contribution >= 4 is 11.8 Å². The van der Waals surface area contributed by atoms with E-state index in [1.165, 1.54) is 11.0 Å². The Bertz CT molecular complexity index is 948. The summed E-state index contributed by atoms with van der Waals surface area (Å²) in [5.74, 6) is 0.712. The summed E-state index contributed by atoms with van der Waals surface area (Å²) in [5.41, 5.74) is 1.29. The number of rotatable bonds is 13. The van der Waals surface area contributed by atoms with Crippen LogP contribution in [0.5, 0.6) is 11.5 Å². The lowest BCUT2D eigenvalue weighted by Gasteiger charge is -2.29. The Kier molecular flexibility index (Phi) is 10.8. The quantitative estimate of drug-likeness (QED) is 0.457. The molecule has 0 aliphatic heterocycles. The van der Waals surface area contributed by atoms with Crippen molar-refractivity contribution in [3.63, 3.8) is 0 Å². The molecule has 0 heterocycles. The predicted octanol–water partition coefficient (Wildman–Crippen LogP) is 4.75. The standard InChI is InChI=1S/C27H37FN2O4/c1-6-33-24-14-12-21(16-25(24)34-7-2)13-15-26(31)30(18-22-10-8-9-11-23(22)28)20(5)27(32)29-17-19(3)4/h8-12,14,16,19-20H,6-7,13,15,17-18H2,1-5H3,(H,29,32)/t20-/m0/s1. The molecule has 0 fully saturated rings. The van der Waals surface area contributed by atoms with Crippen LogP contribution in [0.3, 0.4) is 0 Å². The zero-order valence-electron chi connectivity index (χ0n) is 20.9. The SMILES string of the molecule is CCOc1ccc(CCC(=O)N(Cc2ccccc2F)[C@@H](C)C(=O)NCC(C)C)cc1OCC. The summed E-state index contributed by atoms with van der Waals surface area (Å²) < 4.78 is 25.6. The summed E-state index contributed by atoms with van der Waals surface area (Å²) in [6.07, 6.45) is 0.634. The first-order valence-electron chi connectivity index (χ1n) is 12.0. The van der Waals surface area contributed by atoms with Gasteiger partial charge < -0.3 is 19.7 Å². The average Bonchev–Trinajstić information content (AvgIpc) is 2.81. The molecule has 0 unspecified atom stereocenters. The molecule has 7 heteroatoms. The molecule has 0 bridgehead atoms. The number of nitrogens with one attached hydrogen (secondary N) is 1. The summed E-state index contributed by atoms with van der Waals surface area (Å²) >= 11 is 0. The molecule has 1 N–H and O–H groups in total. The number of aryl methyl sites for hydroxylation is 1. The minimum Gasteiger partial charge on any atom is -0.490 e. The minimum atomic E-state index is -0.731. The number of ether oxygens (including phenoxy) is 2. The Morgan fingerprint density at radius 1 is 1.00 bits per heavy atom. The molecule has 2 aromatic carbocycles. The second-order valence-electron chi connectivity index (χ2n) is 8.58. The highest BCUT2D eigenvalue weighted by atomic mass is 19.1. The van der Waals surface area contributed by atoms with E-state index in [4.69, 9.17) is 9.47 Å². The van der Waals surface area contributed by atoms with Crippen LogP contribution in [0.1, 0.15) is 52.2 Å². The van der Waals surface area contributed by atoms with E-state index in [1.54, 1.807) is 25.1 Å². The van der Waals surface area contributed by atoms with Gasteiger partial charge in [-0.2, -0.15) is 0 Å². The van der Waals surface area contributed by atoms with Gasteiger partial charge >= 0.3 is 0 Å². The molecule has 2 amide bonds. The molecule has 186 valence electrons. The van der Waals surface area contributed by atoms with Crippen LogP contribution >= 0.6 is 0 Å². The molecule has 2 aromatic rings. The predicted molar refractivity (Wildman–Crippen MR) is 131 cm³/mol. The largest absolute Gasteiger partial charge is 0.490 e. The van der Waals surface area contributed by atoms with E-state index in [0.29, 0.717) is 43.2 Å². The maximum absolute atomic E-state index is 14.3. The molecule has 0 aromatic heterocycles. The highest BCUT2D eigenvalue weighted by Gasteiger charge is 2.26. The number of hydrogen-bond acceptors (Lipinski definition) is 4. The first-order valence-corrected chi connectivity index (χ1v) is 12.0. The number of halogens is 1. The second kappa shape index (κ2) is 13.6. The Balaban J connectivity index is 2.18. The number of nitrogens with zero attached hydrogens (tertiary/aromatic N) is 1. The van der Waals surface area contributed by atoms with Gasteiger partial charge in [0.25, 0.3) is 0 Å². The first kappa shape index (κ1) is 27.2. The number of amides is 2. The molecular formula is C27H37FN2O4. The van der Waals surface area contributed by atoms with Crippen molar-refractivity contribution in [3.05, 3.63) is 59.4 Å². The number of carbonyl (C=O) groups excluding carboxylic acids is 2. The Labute approximate surface area is 202 Å². The van der Waals surface area contributed by atoms with E-state index in [0.717, 1.165) is 5.56 Å². The molecule has 0 aliphatic carbocycles. The smallest absolute Gasteiger partial charge is 0.242 e. The lowest BCUT2D eigenvalue weighted by atomic mass is 10.1. The molecule has 2 rings (SSSR count). The van der Waals surface area contributed by atoms with Crippen molar-refractivity contribution in [2.45, 2.75) is 60.0 Å². The van der Waals surface area contributed by atoms with Gasteiger partial charge in [0, 0.05) is 25.1 Å². The highest BCUT2D eigenvalue weighted by molar-refractivity contribution is 5.87. The van der Waals surface area contributed by atoms with E-state index < -0.39 is 11.9 Å². The van der Waals surface area contributed by atoms with Gasteiger partial charge in [-0.3, -0.25) is 9.59 Å². The van der Waals surface area contributed by atoms with Gasteiger partial charge in [0.05, 0.1) is 13.2 Å². The van der Waals surface area contributed by atoms with Crippen molar-refractivity contribution in [1.82, 2.24) is 10.2 Å². The van der Waals surface area contributed by atoms with Gasteiger partial charge in [-0.1, -0.05) is 38.1 Å². The molecule has 0 saturated heterocycles. The van der Waals surface area contributed by atoms with Crippen molar-refractivity contribution in [2.24, 2.45) is 5.92 Å². The molecule has 0 spiro atoms. The van der Waals surface area contributed by atoms with Crippen molar-refractivity contribution in [1.29, 1.82) is 0 Å². The van der Waals surface area contributed by atoms with Crippen LogP contribution in [0.2, 0.25) is 0 Å². The summed E-state index contributed by atoms with van der Waals surface area (Å²) in [4.78, 5) is 27.4.